The van der Waals surface area contributed by atoms with Gasteiger partial charge in [0, 0.05) is 6.08 Å². The number of amides is 1. The summed E-state index contributed by atoms with van der Waals surface area (Å²) in [5, 5.41) is 0. The molecule has 1 rings (SSSR count). The van der Waals surface area contributed by atoms with Crippen molar-refractivity contribution in [1.82, 2.24) is 4.90 Å². The quantitative estimate of drug-likeness (QED) is 0.414. The highest BCUT2D eigenvalue weighted by Gasteiger charge is 2.49. The lowest BCUT2D eigenvalue weighted by atomic mass is 10.2. The molecule has 0 spiro atoms. The van der Waals surface area contributed by atoms with Gasteiger partial charge in [0.15, 0.2) is 0 Å². The molecule has 1 aliphatic rings. The predicted molar refractivity (Wildman–Crippen MR) is 67.1 cm³/mol. The van der Waals surface area contributed by atoms with Crippen molar-refractivity contribution in [3.05, 3.63) is 12.2 Å². The number of hydrogen-bond acceptors (Lipinski definition) is 4. The molecule has 0 aliphatic carbocycles. The SMILES string of the molecule is CCC[C@H]1[C@H](/C=C/C(=O)OCC)N1C(=O)OCC. The van der Waals surface area contributed by atoms with Gasteiger partial charge in [-0.05, 0) is 20.3 Å². The van der Waals surface area contributed by atoms with Crippen molar-refractivity contribution in [1.29, 1.82) is 0 Å². The van der Waals surface area contributed by atoms with Crippen LogP contribution in [-0.2, 0) is 14.3 Å². The zero-order valence-electron chi connectivity index (χ0n) is 11.2. The van der Waals surface area contributed by atoms with E-state index in [0.29, 0.717) is 13.2 Å². The number of carbonyl (C=O) groups excluding carboxylic acids is 2. The van der Waals surface area contributed by atoms with E-state index < -0.39 is 0 Å². The van der Waals surface area contributed by atoms with Gasteiger partial charge in [0.1, 0.15) is 0 Å². The van der Waals surface area contributed by atoms with Gasteiger partial charge in [0.25, 0.3) is 0 Å². The zero-order valence-corrected chi connectivity index (χ0v) is 11.2. The van der Waals surface area contributed by atoms with E-state index >= 15 is 0 Å². The lowest BCUT2D eigenvalue weighted by molar-refractivity contribution is -0.137. The lowest BCUT2D eigenvalue weighted by Crippen LogP contribution is -2.16. The van der Waals surface area contributed by atoms with E-state index in [-0.39, 0.29) is 24.1 Å². The fraction of sp³-hybridized carbons (Fsp3) is 0.692. The van der Waals surface area contributed by atoms with E-state index in [2.05, 4.69) is 6.92 Å². The maximum Gasteiger partial charge on any atom is 0.410 e. The average Bonchev–Trinajstić information content (AvgIpc) is 3.01. The molecule has 2 atom stereocenters. The van der Waals surface area contributed by atoms with Crippen LogP contribution in [-0.4, -0.2) is 42.3 Å². The topological polar surface area (TPSA) is 55.6 Å². The molecular weight excluding hydrogens is 234 g/mol. The van der Waals surface area contributed by atoms with Crippen LogP contribution < -0.4 is 0 Å². The number of esters is 1. The second kappa shape index (κ2) is 7.03. The van der Waals surface area contributed by atoms with Crippen molar-refractivity contribution >= 4 is 12.1 Å². The van der Waals surface area contributed by atoms with Gasteiger partial charge in [-0.3, -0.25) is 4.90 Å². The van der Waals surface area contributed by atoms with Crippen molar-refractivity contribution in [2.24, 2.45) is 0 Å². The Morgan fingerprint density at radius 3 is 2.39 bits per heavy atom. The zero-order chi connectivity index (χ0) is 13.5. The summed E-state index contributed by atoms with van der Waals surface area (Å²) < 4.78 is 9.76. The van der Waals surface area contributed by atoms with Crippen LogP contribution in [0.2, 0.25) is 0 Å². The minimum atomic E-state index is -0.372. The second-order valence-corrected chi connectivity index (χ2v) is 4.06. The van der Waals surface area contributed by atoms with Crippen LogP contribution in [0.5, 0.6) is 0 Å². The summed E-state index contributed by atoms with van der Waals surface area (Å²) in [6, 6.07) is 0.119. The minimum Gasteiger partial charge on any atom is -0.463 e. The summed E-state index contributed by atoms with van der Waals surface area (Å²) in [6.45, 7) is 6.32. The number of hydrogen-bond donors (Lipinski definition) is 0. The van der Waals surface area contributed by atoms with Crippen molar-refractivity contribution in [2.75, 3.05) is 13.2 Å². The molecule has 1 aliphatic heterocycles. The highest BCUT2D eigenvalue weighted by molar-refractivity contribution is 5.82. The highest BCUT2D eigenvalue weighted by Crippen LogP contribution is 2.33. The maximum atomic E-state index is 11.6. The molecule has 0 saturated carbocycles. The first kappa shape index (κ1) is 14.5. The predicted octanol–water partition coefficient (Wildman–Crippen LogP) is 2.12. The molecule has 5 nitrogen and oxygen atoms in total. The molecule has 1 amide bonds. The van der Waals surface area contributed by atoms with Gasteiger partial charge in [0.05, 0.1) is 25.3 Å². The van der Waals surface area contributed by atoms with Crippen LogP contribution in [0.1, 0.15) is 33.6 Å². The van der Waals surface area contributed by atoms with Crippen LogP contribution >= 0.6 is 0 Å². The summed E-state index contributed by atoms with van der Waals surface area (Å²) in [5.41, 5.74) is 0. The van der Waals surface area contributed by atoms with Gasteiger partial charge in [0.2, 0.25) is 0 Å². The fourth-order valence-corrected chi connectivity index (χ4v) is 1.95. The third-order valence-corrected chi connectivity index (χ3v) is 2.76. The number of carbonyl (C=O) groups is 2. The summed E-state index contributed by atoms with van der Waals surface area (Å²) in [7, 11) is 0. The Morgan fingerprint density at radius 1 is 1.17 bits per heavy atom. The highest BCUT2D eigenvalue weighted by atomic mass is 16.6. The molecule has 1 heterocycles. The molecule has 102 valence electrons. The van der Waals surface area contributed by atoms with Crippen LogP contribution in [0.3, 0.4) is 0 Å². The Morgan fingerprint density at radius 2 is 1.83 bits per heavy atom. The smallest absolute Gasteiger partial charge is 0.410 e. The van der Waals surface area contributed by atoms with Gasteiger partial charge >= 0.3 is 12.1 Å². The molecule has 0 aromatic rings. The van der Waals surface area contributed by atoms with E-state index in [1.165, 1.54) is 6.08 Å². The minimum absolute atomic E-state index is 0.0339. The van der Waals surface area contributed by atoms with E-state index in [1.54, 1.807) is 24.8 Å². The monoisotopic (exact) mass is 255 g/mol. The van der Waals surface area contributed by atoms with Gasteiger partial charge in [-0.1, -0.05) is 19.4 Å². The first-order valence-corrected chi connectivity index (χ1v) is 6.45. The third-order valence-electron chi connectivity index (χ3n) is 2.76. The van der Waals surface area contributed by atoms with Crippen LogP contribution in [0.4, 0.5) is 4.79 Å². The van der Waals surface area contributed by atoms with Gasteiger partial charge in [-0.15, -0.1) is 0 Å². The van der Waals surface area contributed by atoms with Crippen LogP contribution in [0, 0.1) is 0 Å². The average molecular weight is 255 g/mol. The Kier molecular flexibility index (Phi) is 5.68. The van der Waals surface area contributed by atoms with E-state index in [1.807, 2.05) is 0 Å². The molecular formula is C13H21NO4. The molecule has 5 heteroatoms. The summed E-state index contributed by atoms with van der Waals surface area (Å²) in [4.78, 5) is 24.5. The molecule has 1 saturated heterocycles. The molecule has 0 N–H and O–H groups in total. The van der Waals surface area contributed by atoms with Crippen molar-refractivity contribution < 1.29 is 19.1 Å². The summed E-state index contributed by atoms with van der Waals surface area (Å²) >= 11 is 0. The summed E-state index contributed by atoms with van der Waals surface area (Å²) in [6.07, 6.45) is 4.70. The second-order valence-electron chi connectivity index (χ2n) is 4.06. The fourth-order valence-electron chi connectivity index (χ4n) is 1.95. The Bertz CT molecular complexity index is 327. The largest absolute Gasteiger partial charge is 0.463 e. The lowest BCUT2D eigenvalue weighted by Gasteiger charge is -2.03. The normalized spacial score (nSPS) is 22.1. The van der Waals surface area contributed by atoms with E-state index in [9.17, 15) is 9.59 Å². The van der Waals surface area contributed by atoms with Gasteiger partial charge in [-0.25, -0.2) is 9.59 Å². The molecule has 0 aromatic heterocycles. The standard InChI is InChI=1S/C13H21NO4/c1-4-7-10-11(8-9-12(15)17-5-2)14(10)13(16)18-6-3/h8-11H,4-7H2,1-3H3/b9-8+/t10-,11-,14?/m0/s1. The number of ether oxygens (including phenoxy) is 2. The molecule has 0 unspecified atom stereocenters. The Balaban J connectivity index is 2.53. The summed E-state index contributed by atoms with van der Waals surface area (Å²) in [5.74, 6) is -0.372. The van der Waals surface area contributed by atoms with Gasteiger partial charge < -0.3 is 9.47 Å². The van der Waals surface area contributed by atoms with Crippen LogP contribution in [0.15, 0.2) is 12.2 Å². The van der Waals surface area contributed by atoms with Crippen molar-refractivity contribution in [3.8, 4) is 0 Å². The van der Waals surface area contributed by atoms with E-state index in [4.69, 9.17) is 9.47 Å². The number of nitrogens with zero attached hydrogens (tertiary/aromatic N) is 1. The molecule has 0 aromatic carbocycles. The maximum absolute atomic E-state index is 11.6. The molecule has 0 bridgehead atoms. The Hall–Kier alpha value is -1.52. The molecule has 1 fully saturated rings. The molecule has 18 heavy (non-hydrogen) atoms. The van der Waals surface area contributed by atoms with E-state index in [0.717, 1.165) is 12.8 Å². The third kappa shape index (κ3) is 3.75. The van der Waals surface area contributed by atoms with Crippen LogP contribution in [0.25, 0.3) is 0 Å². The molecule has 0 radical (unpaired) electrons. The Labute approximate surface area is 108 Å². The van der Waals surface area contributed by atoms with Crippen molar-refractivity contribution in [3.63, 3.8) is 0 Å². The van der Waals surface area contributed by atoms with Crippen molar-refractivity contribution in [2.45, 2.75) is 45.7 Å². The number of rotatable bonds is 6. The van der Waals surface area contributed by atoms with Gasteiger partial charge in [-0.2, -0.15) is 0 Å². The first-order valence-electron chi connectivity index (χ1n) is 6.45. The first-order chi connectivity index (χ1) is 8.65.